The molecular formula is C15H21N3. The van der Waals surface area contributed by atoms with E-state index in [0.717, 1.165) is 12.1 Å². The third kappa shape index (κ3) is 2.31. The quantitative estimate of drug-likeness (QED) is 0.897. The molecule has 0 radical (unpaired) electrons. The second-order valence-corrected chi connectivity index (χ2v) is 4.69. The van der Waals surface area contributed by atoms with Crippen molar-refractivity contribution in [2.45, 2.75) is 33.2 Å². The Morgan fingerprint density at radius 2 is 1.89 bits per heavy atom. The highest BCUT2D eigenvalue weighted by molar-refractivity contribution is 5.64. The maximum atomic E-state index is 5.70. The fraction of sp³-hybridized carbons (Fsp3) is 0.400. The third-order valence-electron chi connectivity index (χ3n) is 3.34. The normalized spacial score (nSPS) is 10.9. The molecule has 2 rings (SSSR count). The van der Waals surface area contributed by atoms with E-state index >= 15 is 0 Å². The van der Waals surface area contributed by atoms with Gasteiger partial charge in [0, 0.05) is 19.2 Å². The number of aromatic nitrogens is 2. The van der Waals surface area contributed by atoms with Gasteiger partial charge in [0.1, 0.15) is 0 Å². The predicted molar refractivity (Wildman–Crippen MR) is 75.3 cm³/mol. The van der Waals surface area contributed by atoms with Crippen molar-refractivity contribution in [3.8, 4) is 11.3 Å². The summed E-state index contributed by atoms with van der Waals surface area (Å²) < 4.78 is 1.92. The molecule has 0 atom stereocenters. The van der Waals surface area contributed by atoms with Crippen LogP contribution in [0.5, 0.6) is 0 Å². The van der Waals surface area contributed by atoms with Crippen molar-refractivity contribution in [2.24, 2.45) is 12.8 Å². The SMILES string of the molecule is CCCc1ccc(-c2c(C)c(CN)nn2C)cc1. The van der Waals surface area contributed by atoms with Crippen molar-refractivity contribution in [2.75, 3.05) is 0 Å². The van der Waals surface area contributed by atoms with E-state index in [1.165, 1.54) is 28.8 Å². The average molecular weight is 243 g/mol. The van der Waals surface area contributed by atoms with Gasteiger partial charge in [0.05, 0.1) is 11.4 Å². The lowest BCUT2D eigenvalue weighted by Gasteiger charge is -2.05. The van der Waals surface area contributed by atoms with Gasteiger partial charge in [-0.25, -0.2) is 0 Å². The fourth-order valence-electron chi connectivity index (χ4n) is 2.40. The number of aryl methyl sites for hydroxylation is 2. The lowest BCUT2D eigenvalue weighted by Crippen LogP contribution is -1.99. The Bertz CT molecular complexity index is 523. The van der Waals surface area contributed by atoms with Crippen LogP contribution >= 0.6 is 0 Å². The summed E-state index contributed by atoms with van der Waals surface area (Å²) in [5.41, 5.74) is 11.6. The zero-order chi connectivity index (χ0) is 13.1. The zero-order valence-electron chi connectivity index (χ0n) is 11.4. The molecule has 0 amide bonds. The molecule has 2 N–H and O–H groups in total. The summed E-state index contributed by atoms with van der Waals surface area (Å²) >= 11 is 0. The minimum Gasteiger partial charge on any atom is -0.325 e. The molecule has 0 aliphatic rings. The third-order valence-corrected chi connectivity index (χ3v) is 3.34. The van der Waals surface area contributed by atoms with Crippen LogP contribution in [0.3, 0.4) is 0 Å². The maximum Gasteiger partial charge on any atom is 0.0795 e. The number of hydrogen-bond donors (Lipinski definition) is 1. The van der Waals surface area contributed by atoms with Crippen molar-refractivity contribution in [1.82, 2.24) is 9.78 Å². The van der Waals surface area contributed by atoms with E-state index in [4.69, 9.17) is 5.73 Å². The van der Waals surface area contributed by atoms with Crippen molar-refractivity contribution >= 4 is 0 Å². The highest BCUT2D eigenvalue weighted by atomic mass is 15.3. The molecule has 0 bridgehead atoms. The number of nitrogens with two attached hydrogens (primary N) is 1. The number of nitrogens with zero attached hydrogens (tertiary/aromatic N) is 2. The van der Waals surface area contributed by atoms with E-state index in [0.29, 0.717) is 6.54 Å². The second-order valence-electron chi connectivity index (χ2n) is 4.69. The Hall–Kier alpha value is -1.61. The fourth-order valence-corrected chi connectivity index (χ4v) is 2.40. The summed E-state index contributed by atoms with van der Waals surface area (Å²) in [5.74, 6) is 0. The van der Waals surface area contributed by atoms with E-state index in [2.05, 4.69) is 43.2 Å². The summed E-state index contributed by atoms with van der Waals surface area (Å²) in [6.07, 6.45) is 2.32. The van der Waals surface area contributed by atoms with Gasteiger partial charge < -0.3 is 5.73 Å². The summed E-state index contributed by atoms with van der Waals surface area (Å²) in [6.45, 7) is 4.78. The standard InChI is InChI=1S/C15H21N3/c1-4-5-12-6-8-13(9-7-12)15-11(2)14(10-16)17-18(15)3/h6-9H,4-5,10,16H2,1-3H3. The van der Waals surface area contributed by atoms with Gasteiger partial charge in [0.2, 0.25) is 0 Å². The molecule has 3 heteroatoms. The molecule has 0 saturated heterocycles. The molecule has 2 aromatic rings. The van der Waals surface area contributed by atoms with Gasteiger partial charge in [-0.15, -0.1) is 0 Å². The van der Waals surface area contributed by atoms with Crippen LogP contribution in [0.1, 0.15) is 30.2 Å². The minimum absolute atomic E-state index is 0.494. The van der Waals surface area contributed by atoms with Crippen LogP contribution in [0, 0.1) is 6.92 Å². The molecule has 96 valence electrons. The van der Waals surface area contributed by atoms with E-state index in [1.54, 1.807) is 0 Å². The summed E-state index contributed by atoms with van der Waals surface area (Å²) in [6, 6.07) is 8.76. The van der Waals surface area contributed by atoms with Gasteiger partial charge in [0.25, 0.3) is 0 Å². The van der Waals surface area contributed by atoms with Crippen LogP contribution in [-0.2, 0) is 20.0 Å². The maximum absolute atomic E-state index is 5.70. The lowest BCUT2D eigenvalue weighted by atomic mass is 10.0. The van der Waals surface area contributed by atoms with E-state index in [-0.39, 0.29) is 0 Å². The first kappa shape index (κ1) is 12.8. The summed E-state index contributed by atoms with van der Waals surface area (Å²) in [4.78, 5) is 0. The summed E-state index contributed by atoms with van der Waals surface area (Å²) in [5, 5.41) is 4.46. The molecule has 3 nitrogen and oxygen atoms in total. The predicted octanol–water partition coefficient (Wildman–Crippen LogP) is 2.81. The first-order chi connectivity index (χ1) is 8.67. The van der Waals surface area contributed by atoms with Crippen molar-refractivity contribution in [3.05, 3.63) is 41.1 Å². The first-order valence-corrected chi connectivity index (χ1v) is 6.49. The first-order valence-electron chi connectivity index (χ1n) is 6.49. The van der Waals surface area contributed by atoms with Crippen LogP contribution < -0.4 is 5.73 Å². The smallest absolute Gasteiger partial charge is 0.0795 e. The van der Waals surface area contributed by atoms with Crippen LogP contribution in [0.25, 0.3) is 11.3 Å². The number of benzene rings is 1. The Morgan fingerprint density at radius 3 is 2.39 bits per heavy atom. The Labute approximate surface area is 109 Å². The Morgan fingerprint density at radius 1 is 1.22 bits per heavy atom. The van der Waals surface area contributed by atoms with Crippen LogP contribution in [0.2, 0.25) is 0 Å². The highest BCUT2D eigenvalue weighted by Crippen LogP contribution is 2.25. The molecule has 18 heavy (non-hydrogen) atoms. The Balaban J connectivity index is 2.39. The van der Waals surface area contributed by atoms with Gasteiger partial charge in [-0.3, -0.25) is 4.68 Å². The van der Waals surface area contributed by atoms with E-state index in [9.17, 15) is 0 Å². The van der Waals surface area contributed by atoms with Gasteiger partial charge in [-0.1, -0.05) is 37.6 Å². The molecule has 1 heterocycles. The molecule has 0 spiro atoms. The van der Waals surface area contributed by atoms with Crippen molar-refractivity contribution in [3.63, 3.8) is 0 Å². The molecule has 0 aliphatic heterocycles. The van der Waals surface area contributed by atoms with Crippen LogP contribution in [-0.4, -0.2) is 9.78 Å². The van der Waals surface area contributed by atoms with Gasteiger partial charge in [-0.05, 0) is 24.5 Å². The Kier molecular flexibility index (Phi) is 3.82. The highest BCUT2D eigenvalue weighted by Gasteiger charge is 2.12. The monoisotopic (exact) mass is 243 g/mol. The topological polar surface area (TPSA) is 43.8 Å². The molecule has 0 saturated carbocycles. The minimum atomic E-state index is 0.494. The van der Waals surface area contributed by atoms with Gasteiger partial charge in [0.15, 0.2) is 0 Å². The lowest BCUT2D eigenvalue weighted by molar-refractivity contribution is 0.749. The van der Waals surface area contributed by atoms with E-state index in [1.807, 2.05) is 11.7 Å². The molecular weight excluding hydrogens is 222 g/mol. The molecule has 0 aliphatic carbocycles. The second kappa shape index (κ2) is 5.36. The largest absolute Gasteiger partial charge is 0.325 e. The molecule has 1 aromatic carbocycles. The zero-order valence-corrected chi connectivity index (χ0v) is 11.4. The summed E-state index contributed by atoms with van der Waals surface area (Å²) in [7, 11) is 1.97. The molecule has 0 fully saturated rings. The van der Waals surface area contributed by atoms with Crippen LogP contribution in [0.4, 0.5) is 0 Å². The van der Waals surface area contributed by atoms with Gasteiger partial charge >= 0.3 is 0 Å². The number of rotatable bonds is 4. The average Bonchev–Trinajstić information content (AvgIpc) is 2.66. The molecule has 0 unspecified atom stereocenters. The van der Waals surface area contributed by atoms with E-state index < -0.39 is 0 Å². The molecule has 1 aromatic heterocycles. The number of hydrogen-bond acceptors (Lipinski definition) is 2. The van der Waals surface area contributed by atoms with Crippen molar-refractivity contribution in [1.29, 1.82) is 0 Å². The van der Waals surface area contributed by atoms with Crippen LogP contribution in [0.15, 0.2) is 24.3 Å². The van der Waals surface area contributed by atoms with Crippen molar-refractivity contribution < 1.29 is 0 Å². The van der Waals surface area contributed by atoms with Gasteiger partial charge in [-0.2, -0.15) is 5.10 Å².